The Morgan fingerprint density at radius 1 is 0.737 bits per heavy atom. The van der Waals surface area contributed by atoms with Crippen molar-refractivity contribution in [2.24, 2.45) is 0 Å². The lowest BCUT2D eigenvalue weighted by atomic mass is 10.0. The molecule has 0 heterocycles. The molecule has 0 amide bonds. The van der Waals surface area contributed by atoms with Gasteiger partial charge in [0.15, 0.2) is 0 Å². The van der Waals surface area contributed by atoms with Crippen LogP contribution in [0.2, 0.25) is 0 Å². The molecular weight excluding hydrogens is 236 g/mol. The molecule has 0 aliphatic carbocycles. The van der Waals surface area contributed by atoms with E-state index in [2.05, 4.69) is 24.3 Å². The smallest absolute Gasteiger partial charge is 0.125 e. The monoisotopic (exact) mass is 256 g/mol. The van der Waals surface area contributed by atoms with E-state index >= 15 is 0 Å². The van der Waals surface area contributed by atoms with Gasteiger partial charge in [-0.25, -0.2) is 0 Å². The first kappa shape index (κ1) is 13.5. The van der Waals surface area contributed by atoms with Crippen LogP contribution >= 0.6 is 0 Å². The van der Waals surface area contributed by atoms with Gasteiger partial charge < -0.3 is 9.47 Å². The number of hydrogen-bond donors (Lipinski definition) is 0. The van der Waals surface area contributed by atoms with E-state index in [0.717, 1.165) is 36.3 Å². The summed E-state index contributed by atoms with van der Waals surface area (Å²) in [5.74, 6) is 1.82. The van der Waals surface area contributed by atoms with Crippen molar-refractivity contribution in [3.05, 3.63) is 59.7 Å². The summed E-state index contributed by atoms with van der Waals surface area (Å²) < 4.78 is 10.8. The van der Waals surface area contributed by atoms with Crippen LogP contribution < -0.4 is 9.47 Å². The van der Waals surface area contributed by atoms with Gasteiger partial charge in [-0.05, 0) is 37.0 Å². The fourth-order valence-corrected chi connectivity index (χ4v) is 2.29. The molecule has 0 saturated heterocycles. The van der Waals surface area contributed by atoms with Crippen LogP contribution in [0.25, 0.3) is 0 Å². The number of aryl methyl sites for hydroxylation is 1. The molecule has 100 valence electrons. The molecule has 2 nitrogen and oxygen atoms in total. The first-order valence-electron chi connectivity index (χ1n) is 6.59. The lowest BCUT2D eigenvalue weighted by Crippen LogP contribution is -1.98. The SMILES string of the molecule is COc1cccc(OC)c1CCCc1ccccc1. The van der Waals surface area contributed by atoms with Gasteiger partial charge >= 0.3 is 0 Å². The Balaban J connectivity index is 2.02. The zero-order valence-corrected chi connectivity index (χ0v) is 11.6. The Morgan fingerprint density at radius 3 is 1.95 bits per heavy atom. The van der Waals surface area contributed by atoms with Gasteiger partial charge in [-0.3, -0.25) is 0 Å². The van der Waals surface area contributed by atoms with Gasteiger partial charge in [0.05, 0.1) is 14.2 Å². The van der Waals surface area contributed by atoms with Crippen LogP contribution in [0.1, 0.15) is 17.5 Å². The Labute approximate surface area is 115 Å². The van der Waals surface area contributed by atoms with Crippen molar-refractivity contribution in [2.45, 2.75) is 19.3 Å². The molecule has 0 atom stereocenters. The minimum Gasteiger partial charge on any atom is -0.496 e. The predicted molar refractivity (Wildman–Crippen MR) is 78.0 cm³/mol. The maximum absolute atomic E-state index is 5.41. The summed E-state index contributed by atoms with van der Waals surface area (Å²) in [7, 11) is 3.41. The Bertz CT molecular complexity index is 484. The second kappa shape index (κ2) is 6.83. The van der Waals surface area contributed by atoms with Crippen LogP contribution in [0.5, 0.6) is 11.5 Å². The van der Waals surface area contributed by atoms with Crippen LogP contribution in [-0.2, 0) is 12.8 Å². The van der Waals surface area contributed by atoms with E-state index in [0.29, 0.717) is 0 Å². The first-order chi connectivity index (χ1) is 9.35. The van der Waals surface area contributed by atoms with E-state index in [4.69, 9.17) is 9.47 Å². The summed E-state index contributed by atoms with van der Waals surface area (Å²) in [6.45, 7) is 0. The van der Waals surface area contributed by atoms with E-state index in [-0.39, 0.29) is 0 Å². The topological polar surface area (TPSA) is 18.5 Å². The zero-order chi connectivity index (χ0) is 13.5. The van der Waals surface area contributed by atoms with E-state index < -0.39 is 0 Å². The molecule has 0 N–H and O–H groups in total. The van der Waals surface area contributed by atoms with Gasteiger partial charge in [-0.15, -0.1) is 0 Å². The molecule has 0 aliphatic heterocycles. The van der Waals surface area contributed by atoms with Gasteiger partial charge in [0.2, 0.25) is 0 Å². The summed E-state index contributed by atoms with van der Waals surface area (Å²) in [6, 6.07) is 16.5. The molecule has 0 radical (unpaired) electrons. The van der Waals surface area contributed by atoms with Gasteiger partial charge in [0.25, 0.3) is 0 Å². The lowest BCUT2D eigenvalue weighted by Gasteiger charge is -2.12. The van der Waals surface area contributed by atoms with E-state index in [9.17, 15) is 0 Å². The number of hydrogen-bond acceptors (Lipinski definition) is 2. The molecule has 0 bridgehead atoms. The molecule has 2 aromatic carbocycles. The zero-order valence-electron chi connectivity index (χ0n) is 11.6. The van der Waals surface area contributed by atoms with Crippen molar-refractivity contribution in [3.8, 4) is 11.5 Å². The minimum absolute atomic E-state index is 0.910. The molecule has 0 aliphatic rings. The third-order valence-corrected chi connectivity index (χ3v) is 3.26. The standard InChI is InChI=1S/C17H20O2/c1-18-16-12-7-13-17(19-2)15(16)11-6-10-14-8-4-3-5-9-14/h3-5,7-9,12-13H,6,10-11H2,1-2H3. The van der Waals surface area contributed by atoms with Crippen molar-refractivity contribution >= 4 is 0 Å². The van der Waals surface area contributed by atoms with E-state index in [1.807, 2.05) is 24.3 Å². The summed E-state index contributed by atoms with van der Waals surface area (Å²) >= 11 is 0. The van der Waals surface area contributed by atoms with Crippen molar-refractivity contribution in [3.63, 3.8) is 0 Å². The molecule has 0 fully saturated rings. The second-order valence-electron chi connectivity index (χ2n) is 4.48. The predicted octanol–water partition coefficient (Wildman–Crippen LogP) is 3.88. The van der Waals surface area contributed by atoms with Crippen LogP contribution in [-0.4, -0.2) is 14.2 Å². The number of benzene rings is 2. The van der Waals surface area contributed by atoms with Crippen LogP contribution in [0.4, 0.5) is 0 Å². The Hall–Kier alpha value is -1.96. The van der Waals surface area contributed by atoms with Crippen molar-refractivity contribution in [1.82, 2.24) is 0 Å². The Kier molecular flexibility index (Phi) is 4.85. The van der Waals surface area contributed by atoms with Crippen molar-refractivity contribution in [2.75, 3.05) is 14.2 Å². The third kappa shape index (κ3) is 3.50. The second-order valence-corrected chi connectivity index (χ2v) is 4.48. The lowest BCUT2D eigenvalue weighted by molar-refractivity contribution is 0.384. The minimum atomic E-state index is 0.910. The molecule has 0 aromatic heterocycles. The largest absolute Gasteiger partial charge is 0.496 e. The average Bonchev–Trinajstić information content (AvgIpc) is 2.48. The van der Waals surface area contributed by atoms with E-state index in [1.165, 1.54) is 5.56 Å². The molecule has 0 unspecified atom stereocenters. The van der Waals surface area contributed by atoms with Gasteiger partial charge in [0, 0.05) is 5.56 Å². The molecule has 0 saturated carbocycles. The van der Waals surface area contributed by atoms with E-state index in [1.54, 1.807) is 14.2 Å². The van der Waals surface area contributed by atoms with Gasteiger partial charge in [-0.1, -0.05) is 36.4 Å². The molecular formula is C17H20O2. The maximum atomic E-state index is 5.41. The highest BCUT2D eigenvalue weighted by Crippen LogP contribution is 2.29. The highest BCUT2D eigenvalue weighted by Gasteiger charge is 2.09. The highest BCUT2D eigenvalue weighted by molar-refractivity contribution is 5.44. The molecule has 0 spiro atoms. The molecule has 19 heavy (non-hydrogen) atoms. The number of rotatable bonds is 6. The van der Waals surface area contributed by atoms with Crippen molar-refractivity contribution < 1.29 is 9.47 Å². The molecule has 2 aromatic rings. The average molecular weight is 256 g/mol. The Morgan fingerprint density at radius 2 is 1.37 bits per heavy atom. The normalized spacial score (nSPS) is 10.2. The van der Waals surface area contributed by atoms with Crippen LogP contribution in [0, 0.1) is 0 Å². The fourth-order valence-electron chi connectivity index (χ4n) is 2.29. The first-order valence-corrected chi connectivity index (χ1v) is 6.59. The summed E-state index contributed by atoms with van der Waals surface area (Å²) in [4.78, 5) is 0. The summed E-state index contributed by atoms with van der Waals surface area (Å²) in [5, 5.41) is 0. The molecule has 2 heteroatoms. The fraction of sp³-hybridized carbons (Fsp3) is 0.294. The highest BCUT2D eigenvalue weighted by atomic mass is 16.5. The van der Waals surface area contributed by atoms with Crippen LogP contribution in [0.3, 0.4) is 0 Å². The summed E-state index contributed by atoms with van der Waals surface area (Å²) in [5.41, 5.74) is 2.53. The number of ether oxygens (including phenoxy) is 2. The van der Waals surface area contributed by atoms with Crippen LogP contribution in [0.15, 0.2) is 48.5 Å². The maximum Gasteiger partial charge on any atom is 0.125 e. The van der Waals surface area contributed by atoms with Crippen molar-refractivity contribution in [1.29, 1.82) is 0 Å². The quantitative estimate of drug-likeness (QED) is 0.781. The number of methoxy groups -OCH3 is 2. The summed E-state index contributed by atoms with van der Waals surface area (Å²) in [6.07, 6.45) is 3.12. The van der Waals surface area contributed by atoms with Gasteiger partial charge in [0.1, 0.15) is 11.5 Å². The third-order valence-electron chi connectivity index (χ3n) is 3.26. The molecule has 2 rings (SSSR count). The van der Waals surface area contributed by atoms with Gasteiger partial charge in [-0.2, -0.15) is 0 Å².